The topological polar surface area (TPSA) is 57.0 Å². The molecule has 0 atom stereocenters. The van der Waals surface area contributed by atoms with E-state index >= 15 is 0 Å². The van der Waals surface area contributed by atoms with Crippen molar-refractivity contribution in [2.75, 3.05) is 6.54 Å². The van der Waals surface area contributed by atoms with Crippen molar-refractivity contribution in [1.82, 2.24) is 9.72 Å². The lowest BCUT2D eigenvalue weighted by atomic mass is 10.1. The first-order valence-electron chi connectivity index (χ1n) is 5.99. The molecule has 0 unspecified atom stereocenters. The molecule has 4 nitrogen and oxygen atoms in total. The van der Waals surface area contributed by atoms with Crippen LogP contribution < -0.4 is 5.73 Å². The molecule has 4 heteroatoms. The number of aromatic nitrogens is 2. The van der Waals surface area contributed by atoms with Crippen LogP contribution in [0.1, 0.15) is 5.56 Å². The Balaban J connectivity index is 2.19. The van der Waals surface area contributed by atoms with Crippen molar-refractivity contribution in [3.05, 3.63) is 42.1 Å². The highest BCUT2D eigenvalue weighted by atomic mass is 16.5. The van der Waals surface area contributed by atoms with Gasteiger partial charge in [0.05, 0.1) is 11.9 Å². The summed E-state index contributed by atoms with van der Waals surface area (Å²) >= 11 is 0. The molecular formula is C14H15N3O. The first-order valence-corrected chi connectivity index (χ1v) is 5.99. The summed E-state index contributed by atoms with van der Waals surface area (Å²) in [6.45, 7) is 0.595. The minimum absolute atomic E-state index is 0.595. The van der Waals surface area contributed by atoms with Crippen molar-refractivity contribution in [2.24, 2.45) is 12.8 Å². The predicted molar refractivity (Wildman–Crippen MR) is 71.2 cm³/mol. The van der Waals surface area contributed by atoms with Crippen LogP contribution >= 0.6 is 0 Å². The Morgan fingerprint density at radius 3 is 2.94 bits per heavy atom. The largest absolute Gasteiger partial charge is 0.354 e. The first kappa shape index (κ1) is 11.0. The SMILES string of the molecule is Cn1c(-c2oncc2CCN)cc2ccccc21. The fourth-order valence-electron chi connectivity index (χ4n) is 2.31. The highest BCUT2D eigenvalue weighted by Crippen LogP contribution is 2.29. The maximum atomic E-state index is 5.60. The fraction of sp³-hybridized carbons (Fsp3) is 0.214. The van der Waals surface area contributed by atoms with Gasteiger partial charge < -0.3 is 14.8 Å². The van der Waals surface area contributed by atoms with E-state index in [-0.39, 0.29) is 0 Å². The lowest BCUT2D eigenvalue weighted by molar-refractivity contribution is 0.429. The van der Waals surface area contributed by atoms with E-state index in [4.69, 9.17) is 10.3 Å². The number of hydrogen-bond acceptors (Lipinski definition) is 3. The van der Waals surface area contributed by atoms with E-state index in [2.05, 4.69) is 27.9 Å². The molecule has 0 amide bonds. The molecule has 2 N–H and O–H groups in total. The lowest BCUT2D eigenvalue weighted by Crippen LogP contribution is -2.03. The normalized spacial score (nSPS) is 11.2. The predicted octanol–water partition coefficient (Wildman–Crippen LogP) is 2.33. The van der Waals surface area contributed by atoms with Crippen molar-refractivity contribution >= 4 is 10.9 Å². The van der Waals surface area contributed by atoms with Crippen LogP contribution in [0.25, 0.3) is 22.4 Å². The summed E-state index contributed by atoms with van der Waals surface area (Å²) < 4.78 is 7.51. The summed E-state index contributed by atoms with van der Waals surface area (Å²) in [5, 5.41) is 5.08. The molecule has 0 radical (unpaired) electrons. The maximum Gasteiger partial charge on any atom is 0.186 e. The van der Waals surface area contributed by atoms with E-state index in [1.165, 1.54) is 10.9 Å². The van der Waals surface area contributed by atoms with Crippen LogP contribution in [0, 0.1) is 0 Å². The van der Waals surface area contributed by atoms with Gasteiger partial charge in [0.25, 0.3) is 0 Å². The van der Waals surface area contributed by atoms with Gasteiger partial charge in [-0.05, 0) is 25.1 Å². The highest BCUT2D eigenvalue weighted by molar-refractivity contribution is 5.86. The Kier molecular flexibility index (Phi) is 2.64. The van der Waals surface area contributed by atoms with Crippen LogP contribution in [0.15, 0.2) is 41.1 Å². The van der Waals surface area contributed by atoms with Crippen LogP contribution in [0.3, 0.4) is 0 Å². The molecule has 2 heterocycles. The first-order chi connectivity index (χ1) is 8.81. The lowest BCUT2D eigenvalue weighted by Gasteiger charge is -2.02. The van der Waals surface area contributed by atoms with Gasteiger partial charge in [0.15, 0.2) is 5.76 Å². The van der Waals surface area contributed by atoms with E-state index in [1.54, 1.807) is 6.20 Å². The van der Waals surface area contributed by atoms with E-state index in [0.717, 1.165) is 23.4 Å². The monoisotopic (exact) mass is 241 g/mol. The van der Waals surface area contributed by atoms with Gasteiger partial charge in [-0.3, -0.25) is 0 Å². The van der Waals surface area contributed by atoms with Crippen LogP contribution in [-0.2, 0) is 13.5 Å². The average molecular weight is 241 g/mol. The Morgan fingerprint density at radius 2 is 2.17 bits per heavy atom. The molecule has 0 saturated heterocycles. The van der Waals surface area contributed by atoms with Crippen molar-refractivity contribution in [3.8, 4) is 11.5 Å². The third-order valence-electron chi connectivity index (χ3n) is 3.24. The van der Waals surface area contributed by atoms with E-state index in [0.29, 0.717) is 6.54 Å². The molecule has 0 saturated carbocycles. The van der Waals surface area contributed by atoms with Gasteiger partial charge in [-0.1, -0.05) is 23.4 Å². The van der Waals surface area contributed by atoms with Crippen LogP contribution in [0.5, 0.6) is 0 Å². The van der Waals surface area contributed by atoms with Crippen LogP contribution in [0.2, 0.25) is 0 Å². The minimum atomic E-state index is 0.595. The molecule has 18 heavy (non-hydrogen) atoms. The number of rotatable bonds is 3. The zero-order chi connectivity index (χ0) is 12.5. The number of benzene rings is 1. The summed E-state index contributed by atoms with van der Waals surface area (Å²) in [4.78, 5) is 0. The quantitative estimate of drug-likeness (QED) is 0.765. The second-order valence-electron chi connectivity index (χ2n) is 4.37. The molecule has 0 aliphatic carbocycles. The second-order valence-corrected chi connectivity index (χ2v) is 4.37. The van der Waals surface area contributed by atoms with Crippen LogP contribution in [0.4, 0.5) is 0 Å². The summed E-state index contributed by atoms with van der Waals surface area (Å²) in [5.41, 5.74) is 8.88. The smallest absolute Gasteiger partial charge is 0.186 e. The van der Waals surface area contributed by atoms with E-state index < -0.39 is 0 Å². The third-order valence-corrected chi connectivity index (χ3v) is 3.24. The standard InChI is InChI=1S/C14H15N3O/c1-17-12-5-3-2-4-10(12)8-13(17)14-11(6-7-15)9-16-18-14/h2-5,8-9H,6-7,15H2,1H3. The molecule has 0 spiro atoms. The highest BCUT2D eigenvalue weighted by Gasteiger charge is 2.15. The van der Waals surface area contributed by atoms with Gasteiger partial charge in [0, 0.05) is 23.5 Å². The summed E-state index contributed by atoms with van der Waals surface area (Å²) in [6, 6.07) is 10.4. The Morgan fingerprint density at radius 1 is 1.33 bits per heavy atom. The Hall–Kier alpha value is -2.07. The number of fused-ring (bicyclic) bond motifs is 1. The molecule has 2 aromatic heterocycles. The minimum Gasteiger partial charge on any atom is -0.354 e. The number of para-hydroxylation sites is 1. The van der Waals surface area contributed by atoms with E-state index in [9.17, 15) is 0 Å². The summed E-state index contributed by atoms with van der Waals surface area (Å²) in [5.74, 6) is 0.819. The molecule has 3 rings (SSSR count). The zero-order valence-electron chi connectivity index (χ0n) is 10.3. The molecule has 0 bridgehead atoms. The maximum absolute atomic E-state index is 5.60. The van der Waals surface area contributed by atoms with Crippen molar-refractivity contribution in [1.29, 1.82) is 0 Å². The molecule has 0 aliphatic rings. The Bertz CT molecular complexity index is 681. The number of hydrogen-bond donors (Lipinski definition) is 1. The van der Waals surface area contributed by atoms with Crippen molar-refractivity contribution in [3.63, 3.8) is 0 Å². The number of aryl methyl sites for hydroxylation is 1. The Labute approximate surface area is 105 Å². The van der Waals surface area contributed by atoms with E-state index in [1.807, 2.05) is 19.2 Å². The molecular weight excluding hydrogens is 226 g/mol. The molecule has 92 valence electrons. The van der Waals surface area contributed by atoms with Crippen LogP contribution in [-0.4, -0.2) is 16.3 Å². The molecule has 0 fully saturated rings. The molecule has 1 aromatic carbocycles. The zero-order valence-corrected chi connectivity index (χ0v) is 10.3. The van der Waals surface area contributed by atoms with Crippen molar-refractivity contribution < 1.29 is 4.52 Å². The van der Waals surface area contributed by atoms with Gasteiger partial charge in [-0.2, -0.15) is 0 Å². The van der Waals surface area contributed by atoms with Gasteiger partial charge >= 0.3 is 0 Å². The summed E-state index contributed by atoms with van der Waals surface area (Å²) in [7, 11) is 2.03. The fourth-order valence-corrected chi connectivity index (χ4v) is 2.31. The summed E-state index contributed by atoms with van der Waals surface area (Å²) in [6.07, 6.45) is 2.53. The average Bonchev–Trinajstić information content (AvgIpc) is 2.96. The van der Waals surface area contributed by atoms with Crippen molar-refractivity contribution in [2.45, 2.75) is 6.42 Å². The van der Waals surface area contributed by atoms with Gasteiger partial charge in [-0.15, -0.1) is 0 Å². The third kappa shape index (κ3) is 1.62. The molecule has 3 aromatic rings. The second kappa shape index (κ2) is 4.31. The molecule has 0 aliphatic heterocycles. The van der Waals surface area contributed by atoms with Gasteiger partial charge in [0.2, 0.25) is 0 Å². The number of nitrogens with zero attached hydrogens (tertiary/aromatic N) is 2. The number of nitrogens with two attached hydrogens (primary N) is 1. The van der Waals surface area contributed by atoms with Gasteiger partial charge in [0.1, 0.15) is 0 Å². The van der Waals surface area contributed by atoms with Gasteiger partial charge in [-0.25, -0.2) is 0 Å².